The van der Waals surface area contributed by atoms with Crippen LogP contribution in [0.2, 0.25) is 0 Å². The van der Waals surface area contributed by atoms with Gasteiger partial charge >= 0.3 is 5.97 Å². The van der Waals surface area contributed by atoms with Gasteiger partial charge in [0.1, 0.15) is 12.4 Å². The molecule has 0 bridgehead atoms. The molecular formula is C9H11N5O2. The summed E-state index contributed by atoms with van der Waals surface area (Å²) in [5, 5.41) is 10.7. The second kappa shape index (κ2) is 4.13. The number of hydrogen-bond donors (Lipinski definition) is 1. The molecule has 0 atom stereocenters. The first kappa shape index (κ1) is 10.3. The summed E-state index contributed by atoms with van der Waals surface area (Å²) in [4.78, 5) is 15.1. The Bertz CT molecular complexity index is 522. The zero-order valence-electron chi connectivity index (χ0n) is 8.97. The van der Waals surface area contributed by atoms with Crippen molar-refractivity contribution in [2.75, 3.05) is 19.0 Å². The maximum atomic E-state index is 11.0. The summed E-state index contributed by atoms with van der Waals surface area (Å²) < 4.78 is 6.30. The SMILES string of the molecule is COC(=O)CNc1nccn2c(C)nnc12. The van der Waals surface area contributed by atoms with Gasteiger partial charge in [0.2, 0.25) is 5.65 Å². The summed E-state index contributed by atoms with van der Waals surface area (Å²) in [5.41, 5.74) is 0.587. The molecule has 0 aromatic carbocycles. The highest BCUT2D eigenvalue weighted by atomic mass is 16.5. The molecule has 2 aromatic heterocycles. The van der Waals surface area contributed by atoms with Crippen molar-refractivity contribution in [3.63, 3.8) is 0 Å². The van der Waals surface area contributed by atoms with Gasteiger partial charge in [0.15, 0.2) is 5.82 Å². The molecule has 0 saturated carbocycles. The van der Waals surface area contributed by atoms with Crippen molar-refractivity contribution in [1.29, 1.82) is 0 Å². The highest BCUT2D eigenvalue weighted by Crippen LogP contribution is 2.11. The fraction of sp³-hybridized carbons (Fsp3) is 0.333. The second-order valence-electron chi connectivity index (χ2n) is 3.15. The number of carbonyl (C=O) groups is 1. The standard InChI is InChI=1S/C9H11N5O2/c1-6-12-13-9-8(10-3-4-14(6)9)11-5-7(15)16-2/h3-4H,5H2,1-2H3,(H,10,11). The van der Waals surface area contributed by atoms with Gasteiger partial charge in [-0.25, -0.2) is 4.98 Å². The molecule has 16 heavy (non-hydrogen) atoms. The zero-order chi connectivity index (χ0) is 11.5. The van der Waals surface area contributed by atoms with Gasteiger partial charge in [0, 0.05) is 12.4 Å². The third-order valence-corrected chi connectivity index (χ3v) is 2.13. The second-order valence-corrected chi connectivity index (χ2v) is 3.15. The smallest absolute Gasteiger partial charge is 0.325 e. The lowest BCUT2D eigenvalue weighted by molar-refractivity contribution is -0.138. The first-order chi connectivity index (χ1) is 7.72. The molecule has 0 saturated heterocycles. The summed E-state index contributed by atoms with van der Waals surface area (Å²) in [7, 11) is 1.33. The minimum atomic E-state index is -0.361. The molecule has 0 amide bonds. The number of carbonyl (C=O) groups excluding carboxylic acids is 1. The molecule has 2 heterocycles. The van der Waals surface area contributed by atoms with Crippen molar-refractivity contribution in [1.82, 2.24) is 19.6 Å². The molecule has 7 heteroatoms. The summed E-state index contributed by atoms with van der Waals surface area (Å²) in [5.74, 6) is 0.909. The van der Waals surface area contributed by atoms with Crippen molar-refractivity contribution < 1.29 is 9.53 Å². The van der Waals surface area contributed by atoms with E-state index in [0.29, 0.717) is 11.5 Å². The fourth-order valence-electron chi connectivity index (χ4n) is 1.29. The Balaban J connectivity index is 2.27. The van der Waals surface area contributed by atoms with Gasteiger partial charge in [0.05, 0.1) is 7.11 Å². The number of esters is 1. The molecule has 2 aromatic rings. The van der Waals surface area contributed by atoms with Crippen LogP contribution in [0.15, 0.2) is 12.4 Å². The molecule has 0 aliphatic carbocycles. The van der Waals surface area contributed by atoms with E-state index in [1.807, 2.05) is 6.92 Å². The molecule has 0 spiro atoms. The predicted molar refractivity (Wildman–Crippen MR) is 56.0 cm³/mol. The van der Waals surface area contributed by atoms with Gasteiger partial charge in [0.25, 0.3) is 0 Å². The molecule has 0 aliphatic rings. The lowest BCUT2D eigenvalue weighted by Gasteiger charge is -2.04. The van der Waals surface area contributed by atoms with E-state index >= 15 is 0 Å². The molecule has 0 aliphatic heterocycles. The quantitative estimate of drug-likeness (QED) is 0.736. The van der Waals surface area contributed by atoms with Crippen LogP contribution in [-0.4, -0.2) is 39.2 Å². The number of nitrogens with one attached hydrogen (secondary N) is 1. The zero-order valence-corrected chi connectivity index (χ0v) is 8.97. The maximum absolute atomic E-state index is 11.0. The molecule has 84 valence electrons. The topological polar surface area (TPSA) is 81.4 Å². The summed E-state index contributed by atoms with van der Waals surface area (Å²) in [6.07, 6.45) is 3.37. The molecular weight excluding hydrogens is 210 g/mol. The molecule has 0 radical (unpaired) electrons. The van der Waals surface area contributed by atoms with Gasteiger partial charge in [-0.15, -0.1) is 10.2 Å². The Morgan fingerprint density at radius 3 is 3.12 bits per heavy atom. The van der Waals surface area contributed by atoms with Crippen LogP contribution in [0.25, 0.3) is 5.65 Å². The first-order valence-electron chi connectivity index (χ1n) is 4.69. The Morgan fingerprint density at radius 1 is 1.56 bits per heavy atom. The highest BCUT2D eigenvalue weighted by Gasteiger charge is 2.08. The monoisotopic (exact) mass is 221 g/mol. The number of methoxy groups -OCH3 is 1. The van der Waals surface area contributed by atoms with Crippen LogP contribution in [0.3, 0.4) is 0 Å². The summed E-state index contributed by atoms with van der Waals surface area (Å²) in [6.45, 7) is 1.89. The fourth-order valence-corrected chi connectivity index (χ4v) is 1.29. The third-order valence-electron chi connectivity index (χ3n) is 2.13. The van der Waals surface area contributed by atoms with E-state index in [4.69, 9.17) is 0 Å². The van der Waals surface area contributed by atoms with Crippen LogP contribution >= 0.6 is 0 Å². The van der Waals surface area contributed by atoms with Crippen LogP contribution in [-0.2, 0) is 9.53 Å². The Labute approximate surface area is 91.5 Å². The number of rotatable bonds is 3. The van der Waals surface area contributed by atoms with Gasteiger partial charge in [-0.05, 0) is 6.92 Å². The van der Waals surface area contributed by atoms with E-state index < -0.39 is 0 Å². The lowest BCUT2D eigenvalue weighted by Crippen LogP contribution is -2.16. The van der Waals surface area contributed by atoms with Crippen molar-refractivity contribution in [2.24, 2.45) is 0 Å². The summed E-state index contributed by atoms with van der Waals surface area (Å²) >= 11 is 0. The first-order valence-corrected chi connectivity index (χ1v) is 4.69. The number of aromatic nitrogens is 4. The van der Waals surface area contributed by atoms with Crippen molar-refractivity contribution in [2.45, 2.75) is 6.92 Å². The largest absolute Gasteiger partial charge is 0.468 e. The molecule has 0 fully saturated rings. The predicted octanol–water partition coefficient (Wildman–Crippen LogP) is 0.0176. The lowest BCUT2D eigenvalue weighted by atomic mass is 10.5. The van der Waals surface area contributed by atoms with Gasteiger partial charge < -0.3 is 10.1 Å². The molecule has 2 rings (SSSR count). The van der Waals surface area contributed by atoms with Crippen LogP contribution in [0.4, 0.5) is 5.82 Å². The van der Waals surface area contributed by atoms with E-state index in [2.05, 4.69) is 25.2 Å². The third kappa shape index (κ3) is 1.79. The Hall–Kier alpha value is -2.18. The molecule has 1 N–H and O–H groups in total. The van der Waals surface area contributed by atoms with Crippen LogP contribution in [0.1, 0.15) is 5.82 Å². The number of anilines is 1. The van der Waals surface area contributed by atoms with Crippen LogP contribution in [0.5, 0.6) is 0 Å². The number of hydrogen-bond acceptors (Lipinski definition) is 6. The number of nitrogens with zero attached hydrogens (tertiary/aromatic N) is 4. The van der Waals surface area contributed by atoms with Gasteiger partial charge in [-0.3, -0.25) is 9.20 Å². The molecule has 0 unspecified atom stereocenters. The highest BCUT2D eigenvalue weighted by molar-refractivity contribution is 5.76. The number of ether oxygens (including phenoxy) is 1. The van der Waals surface area contributed by atoms with E-state index in [1.165, 1.54) is 7.11 Å². The summed E-state index contributed by atoms with van der Waals surface area (Å²) in [6, 6.07) is 0. The molecule has 7 nitrogen and oxygen atoms in total. The van der Waals surface area contributed by atoms with Gasteiger partial charge in [-0.2, -0.15) is 0 Å². The average Bonchev–Trinajstić information content (AvgIpc) is 2.69. The number of aryl methyl sites for hydroxylation is 1. The minimum Gasteiger partial charge on any atom is -0.468 e. The minimum absolute atomic E-state index is 0.0507. The van der Waals surface area contributed by atoms with E-state index in [1.54, 1.807) is 16.8 Å². The number of fused-ring (bicyclic) bond motifs is 1. The van der Waals surface area contributed by atoms with Crippen molar-refractivity contribution in [3.8, 4) is 0 Å². The Kier molecular flexibility index (Phi) is 2.67. The van der Waals surface area contributed by atoms with Crippen LogP contribution < -0.4 is 5.32 Å². The maximum Gasteiger partial charge on any atom is 0.325 e. The van der Waals surface area contributed by atoms with Crippen molar-refractivity contribution in [3.05, 3.63) is 18.2 Å². The normalized spacial score (nSPS) is 10.4. The van der Waals surface area contributed by atoms with Gasteiger partial charge in [-0.1, -0.05) is 0 Å². The van der Waals surface area contributed by atoms with E-state index in [0.717, 1.165) is 5.82 Å². The average molecular weight is 221 g/mol. The van der Waals surface area contributed by atoms with E-state index in [9.17, 15) is 4.79 Å². The van der Waals surface area contributed by atoms with Crippen LogP contribution in [0, 0.1) is 6.92 Å². The Morgan fingerprint density at radius 2 is 2.38 bits per heavy atom. The van der Waals surface area contributed by atoms with Crippen molar-refractivity contribution >= 4 is 17.4 Å². The van der Waals surface area contributed by atoms with E-state index in [-0.39, 0.29) is 12.5 Å².